The SMILES string of the molecule is COc1cccc(/C=C/C(=O)Nc2sc3c(c2C(=O)O)CCC3)c1. The average molecular weight is 343 g/mol. The smallest absolute Gasteiger partial charge is 0.339 e. The minimum atomic E-state index is -0.985. The molecule has 3 rings (SSSR count). The van der Waals surface area contributed by atoms with Crippen molar-refractivity contribution in [3.05, 3.63) is 51.9 Å². The molecule has 0 aliphatic heterocycles. The van der Waals surface area contributed by atoms with E-state index < -0.39 is 5.97 Å². The lowest BCUT2D eigenvalue weighted by Crippen LogP contribution is -2.10. The second-order valence-corrected chi connectivity index (χ2v) is 6.57. The summed E-state index contributed by atoms with van der Waals surface area (Å²) in [7, 11) is 1.58. The lowest BCUT2D eigenvalue weighted by Gasteiger charge is -2.03. The number of rotatable bonds is 5. The third kappa shape index (κ3) is 3.33. The van der Waals surface area contributed by atoms with Crippen molar-refractivity contribution in [2.75, 3.05) is 12.4 Å². The first-order valence-corrected chi connectivity index (χ1v) is 8.41. The molecule has 1 amide bonds. The van der Waals surface area contributed by atoms with Gasteiger partial charge < -0.3 is 15.2 Å². The van der Waals surface area contributed by atoms with Crippen molar-refractivity contribution < 1.29 is 19.4 Å². The Kier molecular flexibility index (Phi) is 4.66. The summed E-state index contributed by atoms with van der Waals surface area (Å²) in [5, 5.41) is 12.5. The Morgan fingerprint density at radius 1 is 1.33 bits per heavy atom. The standard InChI is InChI=1S/C18H17NO4S/c1-23-12-5-2-4-11(10-12)8-9-15(20)19-17-16(18(21)22)13-6-3-7-14(13)24-17/h2,4-5,8-10H,3,6-7H2,1H3,(H,19,20)(H,21,22)/b9-8+. The number of carbonyl (C=O) groups is 2. The fraction of sp³-hybridized carbons (Fsp3) is 0.222. The molecular weight excluding hydrogens is 326 g/mol. The van der Waals surface area contributed by atoms with Gasteiger partial charge in [-0.1, -0.05) is 12.1 Å². The molecule has 1 heterocycles. The Labute approximate surface area is 143 Å². The van der Waals surface area contributed by atoms with E-state index in [0.717, 1.165) is 35.3 Å². The van der Waals surface area contributed by atoms with Gasteiger partial charge in [0.25, 0.3) is 0 Å². The van der Waals surface area contributed by atoms with Crippen molar-refractivity contribution in [2.45, 2.75) is 19.3 Å². The number of thiophene rings is 1. The zero-order chi connectivity index (χ0) is 17.1. The van der Waals surface area contributed by atoms with E-state index in [1.54, 1.807) is 13.2 Å². The molecule has 0 spiro atoms. The topological polar surface area (TPSA) is 75.6 Å². The van der Waals surface area contributed by atoms with Crippen LogP contribution >= 0.6 is 11.3 Å². The molecule has 0 bridgehead atoms. The van der Waals surface area contributed by atoms with Crippen LogP contribution in [0.5, 0.6) is 5.75 Å². The van der Waals surface area contributed by atoms with E-state index in [4.69, 9.17) is 4.74 Å². The maximum Gasteiger partial charge on any atom is 0.339 e. The largest absolute Gasteiger partial charge is 0.497 e. The highest BCUT2D eigenvalue weighted by molar-refractivity contribution is 7.17. The first kappa shape index (κ1) is 16.3. The number of aryl methyl sites for hydroxylation is 1. The summed E-state index contributed by atoms with van der Waals surface area (Å²) in [6.45, 7) is 0. The van der Waals surface area contributed by atoms with Crippen LogP contribution in [0.2, 0.25) is 0 Å². The molecule has 124 valence electrons. The number of carboxylic acid groups (broad SMARTS) is 1. The van der Waals surface area contributed by atoms with Crippen LogP contribution in [-0.2, 0) is 17.6 Å². The van der Waals surface area contributed by atoms with Gasteiger partial charge in [-0.3, -0.25) is 4.79 Å². The summed E-state index contributed by atoms with van der Waals surface area (Å²) in [5.74, 6) is -0.623. The van der Waals surface area contributed by atoms with Crippen LogP contribution in [0.3, 0.4) is 0 Å². The highest BCUT2D eigenvalue weighted by Gasteiger charge is 2.26. The van der Waals surface area contributed by atoms with E-state index in [2.05, 4.69) is 5.32 Å². The van der Waals surface area contributed by atoms with Crippen molar-refractivity contribution in [3.63, 3.8) is 0 Å². The average Bonchev–Trinajstić information content (AvgIpc) is 3.13. The predicted octanol–water partition coefficient (Wildman–Crippen LogP) is 3.60. The number of amides is 1. The summed E-state index contributed by atoms with van der Waals surface area (Å²) in [6.07, 6.45) is 5.69. The molecule has 5 nitrogen and oxygen atoms in total. The first-order valence-electron chi connectivity index (χ1n) is 7.59. The number of anilines is 1. The van der Waals surface area contributed by atoms with Gasteiger partial charge in [0, 0.05) is 11.0 Å². The number of aromatic carboxylic acids is 1. The van der Waals surface area contributed by atoms with Gasteiger partial charge in [0.15, 0.2) is 0 Å². The number of carbonyl (C=O) groups excluding carboxylic acids is 1. The van der Waals surface area contributed by atoms with E-state index in [-0.39, 0.29) is 11.5 Å². The fourth-order valence-corrected chi connectivity index (χ4v) is 4.07. The molecule has 1 aliphatic rings. The maximum absolute atomic E-state index is 12.1. The van der Waals surface area contributed by atoms with Crippen molar-refractivity contribution in [3.8, 4) is 5.75 Å². The second-order valence-electron chi connectivity index (χ2n) is 5.47. The molecule has 0 saturated heterocycles. The van der Waals surface area contributed by atoms with Gasteiger partial charge in [-0.15, -0.1) is 11.3 Å². The molecule has 24 heavy (non-hydrogen) atoms. The lowest BCUT2D eigenvalue weighted by molar-refractivity contribution is -0.111. The molecule has 2 aromatic rings. The number of hydrogen-bond acceptors (Lipinski definition) is 4. The number of ether oxygens (including phenoxy) is 1. The molecule has 0 atom stereocenters. The highest BCUT2D eigenvalue weighted by Crippen LogP contribution is 2.39. The van der Waals surface area contributed by atoms with Gasteiger partial charge in [0.2, 0.25) is 5.91 Å². The molecule has 6 heteroatoms. The van der Waals surface area contributed by atoms with E-state index in [1.807, 2.05) is 24.3 Å². The van der Waals surface area contributed by atoms with Crippen LogP contribution in [0.25, 0.3) is 6.08 Å². The molecule has 2 N–H and O–H groups in total. The van der Waals surface area contributed by atoms with Gasteiger partial charge in [-0.05, 0) is 48.6 Å². The lowest BCUT2D eigenvalue weighted by atomic mass is 10.1. The normalized spacial score (nSPS) is 13.0. The van der Waals surface area contributed by atoms with Crippen LogP contribution < -0.4 is 10.1 Å². The number of carboxylic acids is 1. The third-order valence-electron chi connectivity index (χ3n) is 3.89. The summed E-state index contributed by atoms with van der Waals surface area (Å²) in [5.41, 5.74) is 1.95. The zero-order valence-corrected chi connectivity index (χ0v) is 14.0. The predicted molar refractivity (Wildman–Crippen MR) is 94.0 cm³/mol. The van der Waals surface area contributed by atoms with Crippen molar-refractivity contribution in [1.29, 1.82) is 0 Å². The number of methoxy groups -OCH3 is 1. The summed E-state index contributed by atoms with van der Waals surface area (Å²) in [4.78, 5) is 24.7. The minimum Gasteiger partial charge on any atom is -0.497 e. The van der Waals surface area contributed by atoms with Crippen molar-refractivity contribution >= 4 is 34.3 Å². The molecule has 1 aromatic heterocycles. The third-order valence-corrected chi connectivity index (χ3v) is 5.10. The molecule has 0 saturated carbocycles. The van der Waals surface area contributed by atoms with E-state index >= 15 is 0 Å². The summed E-state index contributed by atoms with van der Waals surface area (Å²) < 4.78 is 5.14. The summed E-state index contributed by atoms with van der Waals surface area (Å²) >= 11 is 1.37. The Hall–Kier alpha value is -2.60. The summed E-state index contributed by atoms with van der Waals surface area (Å²) in [6, 6.07) is 7.33. The Morgan fingerprint density at radius 2 is 2.17 bits per heavy atom. The van der Waals surface area contributed by atoms with Crippen molar-refractivity contribution in [2.24, 2.45) is 0 Å². The van der Waals surface area contributed by atoms with Gasteiger partial charge in [0.1, 0.15) is 10.8 Å². The highest BCUT2D eigenvalue weighted by atomic mass is 32.1. The Morgan fingerprint density at radius 3 is 2.92 bits per heavy atom. The van der Waals surface area contributed by atoms with Crippen LogP contribution in [0.4, 0.5) is 5.00 Å². The zero-order valence-electron chi connectivity index (χ0n) is 13.2. The first-order chi connectivity index (χ1) is 11.6. The Bertz CT molecular complexity index is 822. The number of fused-ring (bicyclic) bond motifs is 1. The monoisotopic (exact) mass is 343 g/mol. The van der Waals surface area contributed by atoms with E-state index in [1.165, 1.54) is 17.4 Å². The quantitative estimate of drug-likeness (QED) is 0.814. The van der Waals surface area contributed by atoms with Gasteiger partial charge in [0.05, 0.1) is 12.7 Å². The molecule has 0 unspecified atom stereocenters. The molecule has 1 aliphatic carbocycles. The second kappa shape index (κ2) is 6.88. The molecule has 1 aromatic carbocycles. The van der Waals surface area contributed by atoms with E-state index in [9.17, 15) is 14.7 Å². The van der Waals surface area contributed by atoms with Crippen LogP contribution in [-0.4, -0.2) is 24.1 Å². The van der Waals surface area contributed by atoms with Gasteiger partial charge >= 0.3 is 5.97 Å². The minimum absolute atomic E-state index is 0.246. The van der Waals surface area contributed by atoms with Gasteiger partial charge in [-0.25, -0.2) is 4.79 Å². The molecular formula is C18H17NO4S. The van der Waals surface area contributed by atoms with Crippen LogP contribution in [0, 0.1) is 0 Å². The number of hydrogen-bond donors (Lipinski definition) is 2. The molecule has 0 radical (unpaired) electrons. The van der Waals surface area contributed by atoms with Gasteiger partial charge in [-0.2, -0.15) is 0 Å². The number of nitrogens with one attached hydrogen (secondary N) is 1. The Balaban J connectivity index is 1.75. The van der Waals surface area contributed by atoms with Crippen LogP contribution in [0.15, 0.2) is 30.3 Å². The maximum atomic E-state index is 12.1. The van der Waals surface area contributed by atoms with E-state index in [0.29, 0.717) is 10.8 Å². The molecule has 0 fully saturated rings. The number of benzene rings is 1. The van der Waals surface area contributed by atoms with Crippen molar-refractivity contribution in [1.82, 2.24) is 0 Å². The fourth-order valence-electron chi connectivity index (χ4n) is 2.79. The van der Waals surface area contributed by atoms with Crippen LogP contribution in [0.1, 0.15) is 32.8 Å².